The number of hydrogen-bond donors (Lipinski definition) is 2. The lowest BCUT2D eigenvalue weighted by molar-refractivity contribution is -0.140. The van der Waals surface area contributed by atoms with Crippen molar-refractivity contribution in [3.8, 4) is 29.0 Å². The molecule has 10 heteroatoms. The maximum atomic E-state index is 12.9. The number of anilines is 1. The minimum Gasteiger partial charge on any atom is -0.489 e. The summed E-state index contributed by atoms with van der Waals surface area (Å²) in [5.41, 5.74) is 0.233. The van der Waals surface area contributed by atoms with E-state index in [1.807, 2.05) is 13.0 Å². The molecule has 1 heterocycles. The molecule has 3 rings (SSSR count). The Bertz CT molecular complexity index is 1180. The van der Waals surface area contributed by atoms with Crippen LogP contribution in [0.3, 0.4) is 0 Å². The molecule has 0 atom stereocenters. The predicted octanol–water partition coefficient (Wildman–Crippen LogP) is 5.26. The average Bonchev–Trinajstić information content (AvgIpc) is 3.27. The summed E-state index contributed by atoms with van der Waals surface area (Å²) in [4.78, 5) is 18.5. The lowest BCUT2D eigenvalue weighted by Gasteiger charge is -2.13. The molecule has 1 aromatic heterocycles. The third-order valence-electron chi connectivity index (χ3n) is 4.22. The maximum absolute atomic E-state index is 12.9. The molecule has 3 aromatic rings. The number of carbonyl (C=O) groups is 1. The number of imidazole rings is 1. The Kier molecular flexibility index (Phi) is 8.14. The van der Waals surface area contributed by atoms with Gasteiger partial charge in [-0.1, -0.05) is 27.9 Å². The van der Waals surface area contributed by atoms with Crippen LogP contribution in [-0.4, -0.2) is 35.7 Å². The highest BCUT2D eigenvalue weighted by molar-refractivity contribution is 9.10. The monoisotopic (exact) mass is 521 g/mol. The Morgan fingerprint density at radius 2 is 2.03 bits per heavy atom. The second kappa shape index (κ2) is 11.0. The van der Waals surface area contributed by atoms with Gasteiger partial charge in [0.2, 0.25) is 0 Å². The zero-order valence-corrected chi connectivity index (χ0v) is 19.0. The van der Waals surface area contributed by atoms with Crippen molar-refractivity contribution in [3.63, 3.8) is 0 Å². The van der Waals surface area contributed by atoms with E-state index in [9.17, 15) is 18.0 Å². The van der Waals surface area contributed by atoms with E-state index in [2.05, 4.69) is 43.1 Å². The Hall–Kier alpha value is -3.29. The van der Waals surface area contributed by atoms with Gasteiger partial charge in [0, 0.05) is 28.1 Å². The zero-order valence-electron chi connectivity index (χ0n) is 17.4. The van der Waals surface area contributed by atoms with Gasteiger partial charge in [-0.05, 0) is 43.3 Å². The molecule has 0 saturated heterocycles. The number of benzene rings is 2. The van der Waals surface area contributed by atoms with Crippen molar-refractivity contribution >= 4 is 27.5 Å². The minimum absolute atomic E-state index is 0.00101. The summed E-state index contributed by atoms with van der Waals surface area (Å²) in [6.45, 7) is 2.93. The number of alkyl halides is 3. The number of halogens is 4. The Morgan fingerprint density at radius 3 is 2.73 bits per heavy atom. The first-order valence-electron chi connectivity index (χ1n) is 9.82. The molecular formula is C23H19BrF3N3O3. The van der Waals surface area contributed by atoms with Gasteiger partial charge in [0.1, 0.15) is 23.9 Å². The third kappa shape index (κ3) is 7.10. The normalized spacial score (nSPS) is 10.9. The fourth-order valence-corrected chi connectivity index (χ4v) is 3.12. The van der Waals surface area contributed by atoms with Gasteiger partial charge in [0.05, 0.1) is 18.5 Å². The van der Waals surface area contributed by atoms with E-state index in [4.69, 9.17) is 9.47 Å². The first-order valence-corrected chi connectivity index (χ1v) is 10.6. The van der Waals surface area contributed by atoms with Crippen LogP contribution in [0.25, 0.3) is 11.4 Å². The molecule has 0 aliphatic rings. The Balaban J connectivity index is 1.85. The van der Waals surface area contributed by atoms with Gasteiger partial charge < -0.3 is 19.8 Å². The number of nitrogens with one attached hydrogen (secondary N) is 2. The highest BCUT2D eigenvalue weighted by Crippen LogP contribution is 2.32. The van der Waals surface area contributed by atoms with Crippen molar-refractivity contribution < 1.29 is 27.4 Å². The van der Waals surface area contributed by atoms with Crippen LogP contribution in [0.2, 0.25) is 0 Å². The Morgan fingerprint density at radius 1 is 1.21 bits per heavy atom. The summed E-state index contributed by atoms with van der Waals surface area (Å²) in [7, 11) is 0. The van der Waals surface area contributed by atoms with E-state index in [1.165, 1.54) is 18.2 Å². The summed E-state index contributed by atoms with van der Waals surface area (Å²) in [5, 5.41) is 2.63. The topological polar surface area (TPSA) is 76.2 Å². The first-order chi connectivity index (χ1) is 15.8. The van der Waals surface area contributed by atoms with E-state index in [-0.39, 0.29) is 18.1 Å². The van der Waals surface area contributed by atoms with Crippen molar-refractivity contribution in [3.05, 3.63) is 64.4 Å². The molecule has 2 N–H and O–H groups in total. The number of ether oxygens (including phenoxy) is 2. The van der Waals surface area contributed by atoms with Crippen LogP contribution in [-0.2, 0) is 15.7 Å². The smallest absolute Gasteiger partial charge is 0.432 e. The molecule has 0 unspecified atom stereocenters. The molecule has 0 radical (unpaired) electrons. The standard InChI is InChI=1S/C23H19BrF3N3O3/c1-2-32-10-11-33-19-8-7-16(22-28-14-20(30-22)23(25,26)27)13-18(19)29-21(31)9-6-15-4-3-5-17(24)12-15/h3-5,7-8,12-14H,2,10-11H2,1H3,(H,28,30)(H,29,31). The number of rotatable bonds is 7. The van der Waals surface area contributed by atoms with Gasteiger partial charge in [-0.25, -0.2) is 4.98 Å². The van der Waals surface area contributed by atoms with E-state index < -0.39 is 17.8 Å². The number of aromatic amines is 1. The summed E-state index contributed by atoms with van der Waals surface area (Å²) in [5.74, 6) is 4.95. The third-order valence-corrected chi connectivity index (χ3v) is 4.71. The van der Waals surface area contributed by atoms with Gasteiger partial charge in [0.15, 0.2) is 0 Å². The van der Waals surface area contributed by atoms with Gasteiger partial charge in [-0.15, -0.1) is 0 Å². The lowest BCUT2D eigenvalue weighted by atomic mass is 10.1. The van der Waals surface area contributed by atoms with Crippen molar-refractivity contribution in [2.45, 2.75) is 13.1 Å². The molecule has 0 aliphatic carbocycles. The van der Waals surface area contributed by atoms with Gasteiger partial charge in [-0.2, -0.15) is 13.2 Å². The molecule has 0 aliphatic heterocycles. The molecule has 6 nitrogen and oxygen atoms in total. The van der Waals surface area contributed by atoms with Crippen LogP contribution < -0.4 is 10.1 Å². The molecule has 1 amide bonds. The molecule has 33 heavy (non-hydrogen) atoms. The average molecular weight is 522 g/mol. The van der Waals surface area contributed by atoms with Crippen molar-refractivity contribution in [2.24, 2.45) is 0 Å². The number of amides is 1. The number of carbonyl (C=O) groups excluding carboxylic acids is 1. The Labute approximate surface area is 196 Å². The second-order valence-electron chi connectivity index (χ2n) is 6.61. The van der Waals surface area contributed by atoms with E-state index >= 15 is 0 Å². The quantitative estimate of drug-likeness (QED) is 0.328. The number of hydrogen-bond acceptors (Lipinski definition) is 4. The first kappa shape index (κ1) is 24.4. The van der Waals surface area contributed by atoms with Crippen LogP contribution in [0, 0.1) is 11.8 Å². The van der Waals surface area contributed by atoms with Crippen LogP contribution >= 0.6 is 15.9 Å². The summed E-state index contributed by atoms with van der Waals surface area (Å²) >= 11 is 3.34. The van der Waals surface area contributed by atoms with Crippen LogP contribution in [0.15, 0.2) is 53.1 Å². The number of nitrogens with zero attached hydrogens (tertiary/aromatic N) is 1. The van der Waals surface area contributed by atoms with E-state index in [0.29, 0.717) is 36.3 Å². The SMILES string of the molecule is CCOCCOc1ccc(-c2ncc(C(F)(F)F)[nH]2)cc1NC(=O)C#Cc1cccc(Br)c1. The van der Waals surface area contributed by atoms with Gasteiger partial charge >= 0.3 is 12.1 Å². The molecule has 0 fully saturated rings. The van der Waals surface area contributed by atoms with Crippen molar-refractivity contribution in [1.29, 1.82) is 0 Å². The lowest BCUT2D eigenvalue weighted by Crippen LogP contribution is -2.12. The fourth-order valence-electron chi connectivity index (χ4n) is 2.72. The largest absolute Gasteiger partial charge is 0.489 e. The summed E-state index contributed by atoms with van der Waals surface area (Å²) < 4.78 is 50.4. The van der Waals surface area contributed by atoms with Gasteiger partial charge in [-0.3, -0.25) is 4.79 Å². The zero-order chi connectivity index (χ0) is 23.8. The van der Waals surface area contributed by atoms with E-state index in [0.717, 1.165) is 4.47 Å². The molecule has 0 spiro atoms. The highest BCUT2D eigenvalue weighted by Gasteiger charge is 2.33. The van der Waals surface area contributed by atoms with Gasteiger partial charge in [0.25, 0.3) is 0 Å². The van der Waals surface area contributed by atoms with Crippen LogP contribution in [0.1, 0.15) is 18.2 Å². The highest BCUT2D eigenvalue weighted by atomic mass is 79.9. The number of aromatic nitrogens is 2. The maximum Gasteiger partial charge on any atom is 0.432 e. The predicted molar refractivity (Wildman–Crippen MR) is 121 cm³/mol. The minimum atomic E-state index is -4.55. The second-order valence-corrected chi connectivity index (χ2v) is 7.53. The summed E-state index contributed by atoms with van der Waals surface area (Å²) in [6.07, 6.45) is -3.84. The molecule has 172 valence electrons. The van der Waals surface area contributed by atoms with Crippen LogP contribution in [0.5, 0.6) is 5.75 Å². The van der Waals surface area contributed by atoms with Crippen molar-refractivity contribution in [1.82, 2.24) is 9.97 Å². The molecular weight excluding hydrogens is 503 g/mol. The fraction of sp³-hybridized carbons (Fsp3) is 0.217. The summed E-state index contributed by atoms with van der Waals surface area (Å²) in [6, 6.07) is 11.7. The number of H-pyrrole nitrogens is 1. The van der Waals surface area contributed by atoms with Crippen molar-refractivity contribution in [2.75, 3.05) is 25.1 Å². The molecule has 2 aromatic carbocycles. The molecule has 0 saturated carbocycles. The van der Waals surface area contributed by atoms with Crippen LogP contribution in [0.4, 0.5) is 18.9 Å². The van der Waals surface area contributed by atoms with E-state index in [1.54, 1.807) is 18.2 Å². The molecule has 0 bridgehead atoms.